The van der Waals surface area contributed by atoms with Crippen LogP contribution in [0.2, 0.25) is 13.1 Å². The number of rotatable bonds is 4. The summed E-state index contributed by atoms with van der Waals surface area (Å²) >= 11 is 0. The summed E-state index contributed by atoms with van der Waals surface area (Å²) in [4.78, 5) is 9.53. The number of pyridine rings is 2. The largest absolute Gasteiger partial charge is 0.256 e. The molecule has 2 aromatic heterocycles. The summed E-state index contributed by atoms with van der Waals surface area (Å²) < 4.78 is 0. The van der Waals surface area contributed by atoms with E-state index < -0.39 is 8.07 Å². The van der Waals surface area contributed by atoms with Crippen molar-refractivity contribution in [1.29, 1.82) is 0 Å². The van der Waals surface area contributed by atoms with Crippen LogP contribution in [0.25, 0.3) is 44.1 Å². The Morgan fingerprint density at radius 2 is 0.943 bits per heavy atom. The van der Waals surface area contributed by atoms with Crippen LogP contribution in [0, 0.1) is 0 Å². The van der Waals surface area contributed by atoms with Crippen LogP contribution in [0.4, 0.5) is 0 Å². The van der Waals surface area contributed by atoms with Gasteiger partial charge in [0.2, 0.25) is 0 Å². The molecule has 0 fully saturated rings. The van der Waals surface area contributed by atoms with Crippen molar-refractivity contribution in [2.45, 2.75) is 13.1 Å². The first-order valence-corrected chi connectivity index (χ1v) is 15.0. The first-order chi connectivity index (χ1) is 17.1. The molecule has 0 aliphatic carbocycles. The molecule has 4 aromatic carbocycles. The van der Waals surface area contributed by atoms with Gasteiger partial charge in [0.25, 0.3) is 0 Å². The predicted octanol–water partition coefficient (Wildman–Crippen LogP) is 6.94. The van der Waals surface area contributed by atoms with Gasteiger partial charge in [-0.05, 0) is 22.9 Å². The van der Waals surface area contributed by atoms with Crippen LogP contribution in [0.15, 0.2) is 122 Å². The van der Waals surface area contributed by atoms with Gasteiger partial charge < -0.3 is 0 Å². The second kappa shape index (κ2) is 8.61. The lowest BCUT2D eigenvalue weighted by Crippen LogP contribution is -2.52. The number of benzene rings is 4. The summed E-state index contributed by atoms with van der Waals surface area (Å²) in [6.07, 6.45) is 3.82. The van der Waals surface area contributed by atoms with Crippen LogP contribution in [-0.2, 0) is 0 Å². The number of hydrogen-bond acceptors (Lipinski definition) is 2. The molecule has 0 radical (unpaired) electrons. The van der Waals surface area contributed by atoms with Gasteiger partial charge >= 0.3 is 0 Å². The molecule has 35 heavy (non-hydrogen) atoms. The fourth-order valence-electron chi connectivity index (χ4n) is 4.98. The lowest BCUT2D eigenvalue weighted by Gasteiger charge is -2.25. The van der Waals surface area contributed by atoms with Gasteiger partial charge in [-0.2, -0.15) is 0 Å². The van der Waals surface area contributed by atoms with E-state index in [0.717, 1.165) is 11.4 Å². The summed E-state index contributed by atoms with van der Waals surface area (Å²) in [6, 6.07) is 39.1. The van der Waals surface area contributed by atoms with E-state index in [-0.39, 0.29) is 0 Å². The van der Waals surface area contributed by atoms with E-state index in [9.17, 15) is 0 Å². The first kappa shape index (κ1) is 21.5. The molecule has 2 nitrogen and oxygen atoms in total. The average molecular weight is 467 g/mol. The minimum absolute atomic E-state index is 1.04. The van der Waals surface area contributed by atoms with Crippen molar-refractivity contribution < 1.29 is 0 Å². The Morgan fingerprint density at radius 1 is 0.486 bits per heavy atom. The normalized spacial score (nSPS) is 11.7. The second-order valence-electron chi connectivity index (χ2n) is 9.55. The fourth-order valence-corrected chi connectivity index (χ4v) is 7.37. The molecule has 0 aliphatic rings. The Bertz CT molecular complexity index is 1550. The molecule has 0 atom stereocenters. The lowest BCUT2D eigenvalue weighted by atomic mass is 10.0. The van der Waals surface area contributed by atoms with Gasteiger partial charge in [0.05, 0.1) is 11.4 Å². The van der Waals surface area contributed by atoms with Crippen molar-refractivity contribution in [1.82, 2.24) is 9.97 Å². The smallest absolute Gasteiger partial charge is 0.112 e. The van der Waals surface area contributed by atoms with Crippen molar-refractivity contribution >= 4 is 40.0 Å². The minimum atomic E-state index is -1.97. The molecule has 6 rings (SSSR count). The summed E-state index contributed by atoms with van der Waals surface area (Å²) in [5, 5.41) is 7.61. The standard InChI is InChI=1S/C32H26N2Si/c1-35(2,27-13-7-11-25(21-27)31-29-15-5-3-9-23(29)17-19-33-31)28-14-8-12-26(22-28)32-30-16-6-4-10-24(30)18-20-34-32/h3-22H,1-2H3. The SMILES string of the molecule is C[Si](C)(c1cccc(-c2nccc3ccccc23)c1)c1cccc(-c2nccc3ccccc23)c1. The Balaban J connectivity index is 1.44. The Labute approximate surface area is 207 Å². The van der Waals surface area contributed by atoms with E-state index in [1.165, 1.54) is 43.0 Å². The van der Waals surface area contributed by atoms with Gasteiger partial charge in [-0.15, -0.1) is 0 Å². The highest BCUT2D eigenvalue weighted by atomic mass is 28.3. The topological polar surface area (TPSA) is 25.8 Å². The third kappa shape index (κ3) is 3.84. The number of nitrogens with zero attached hydrogens (tertiary/aromatic N) is 2. The van der Waals surface area contributed by atoms with Gasteiger partial charge in [0.1, 0.15) is 8.07 Å². The van der Waals surface area contributed by atoms with Crippen LogP contribution in [0.5, 0.6) is 0 Å². The highest BCUT2D eigenvalue weighted by Crippen LogP contribution is 2.28. The van der Waals surface area contributed by atoms with Gasteiger partial charge in [-0.3, -0.25) is 9.97 Å². The molecule has 0 aliphatic heterocycles. The van der Waals surface area contributed by atoms with Crippen molar-refractivity contribution in [3.05, 3.63) is 122 Å². The number of hydrogen-bond donors (Lipinski definition) is 0. The molecule has 0 unspecified atom stereocenters. The maximum absolute atomic E-state index is 4.76. The fraction of sp³-hybridized carbons (Fsp3) is 0.0625. The minimum Gasteiger partial charge on any atom is -0.256 e. The monoisotopic (exact) mass is 466 g/mol. The summed E-state index contributed by atoms with van der Waals surface area (Å²) in [5.41, 5.74) is 4.44. The Kier molecular flexibility index (Phi) is 5.27. The summed E-state index contributed by atoms with van der Waals surface area (Å²) in [5.74, 6) is 0. The van der Waals surface area contributed by atoms with Crippen LogP contribution >= 0.6 is 0 Å². The molecule has 0 amide bonds. The van der Waals surface area contributed by atoms with Crippen LogP contribution < -0.4 is 10.4 Å². The zero-order valence-corrected chi connectivity index (χ0v) is 20.9. The number of aromatic nitrogens is 2. The van der Waals surface area contributed by atoms with Crippen molar-refractivity contribution in [3.63, 3.8) is 0 Å². The highest BCUT2D eigenvalue weighted by molar-refractivity contribution is 7.00. The maximum Gasteiger partial charge on any atom is 0.112 e. The predicted molar refractivity (Wildman–Crippen MR) is 151 cm³/mol. The molecule has 0 saturated heterocycles. The van der Waals surface area contributed by atoms with Crippen LogP contribution in [0.3, 0.4) is 0 Å². The molecule has 3 heteroatoms. The van der Waals surface area contributed by atoms with E-state index >= 15 is 0 Å². The third-order valence-electron chi connectivity index (χ3n) is 7.06. The zero-order chi connectivity index (χ0) is 23.8. The third-order valence-corrected chi connectivity index (χ3v) is 10.6. The molecule has 0 N–H and O–H groups in total. The summed E-state index contributed by atoms with van der Waals surface area (Å²) in [6.45, 7) is 4.86. The highest BCUT2D eigenvalue weighted by Gasteiger charge is 2.27. The molecule has 6 aromatic rings. The van der Waals surface area contributed by atoms with Gasteiger partial charge in [-0.1, -0.05) is 121 Å². The molecule has 168 valence electrons. The lowest BCUT2D eigenvalue weighted by molar-refractivity contribution is 1.36. The van der Waals surface area contributed by atoms with E-state index in [2.05, 4.69) is 122 Å². The van der Waals surface area contributed by atoms with Gasteiger partial charge in [0.15, 0.2) is 0 Å². The van der Waals surface area contributed by atoms with Crippen molar-refractivity contribution in [2.24, 2.45) is 0 Å². The van der Waals surface area contributed by atoms with Gasteiger partial charge in [-0.25, -0.2) is 0 Å². The van der Waals surface area contributed by atoms with E-state index in [0.29, 0.717) is 0 Å². The van der Waals surface area contributed by atoms with Crippen molar-refractivity contribution in [3.8, 4) is 22.5 Å². The summed E-state index contributed by atoms with van der Waals surface area (Å²) in [7, 11) is -1.97. The first-order valence-electron chi connectivity index (χ1n) is 12.0. The van der Waals surface area contributed by atoms with Gasteiger partial charge in [0, 0.05) is 34.3 Å². The quantitative estimate of drug-likeness (QED) is 0.263. The van der Waals surface area contributed by atoms with Crippen molar-refractivity contribution in [2.75, 3.05) is 0 Å². The molecule has 0 spiro atoms. The molecule has 0 bridgehead atoms. The second-order valence-corrected chi connectivity index (χ2v) is 14.0. The van der Waals surface area contributed by atoms with E-state index in [4.69, 9.17) is 9.97 Å². The molecule has 0 saturated carbocycles. The van der Waals surface area contributed by atoms with E-state index in [1.807, 2.05) is 12.4 Å². The van der Waals surface area contributed by atoms with E-state index in [1.54, 1.807) is 0 Å². The Hall–Kier alpha value is -4.08. The maximum atomic E-state index is 4.76. The average Bonchev–Trinajstić information content (AvgIpc) is 2.92. The molecule has 2 heterocycles. The number of fused-ring (bicyclic) bond motifs is 2. The van der Waals surface area contributed by atoms with Crippen LogP contribution in [0.1, 0.15) is 0 Å². The molecular formula is C32H26N2Si. The molecular weight excluding hydrogens is 440 g/mol. The zero-order valence-electron chi connectivity index (χ0n) is 19.9. The Morgan fingerprint density at radius 3 is 1.43 bits per heavy atom. The van der Waals surface area contributed by atoms with Crippen LogP contribution in [-0.4, -0.2) is 18.0 Å².